The lowest BCUT2D eigenvalue weighted by atomic mass is 9.68. The van der Waals surface area contributed by atoms with Gasteiger partial charge in [-0.25, -0.2) is 0 Å². The third-order valence-electron chi connectivity index (χ3n) is 7.31. The van der Waals surface area contributed by atoms with E-state index in [4.69, 9.17) is 0 Å². The Morgan fingerprint density at radius 1 is 1.00 bits per heavy atom. The molecule has 2 saturated carbocycles. The minimum Gasteiger partial charge on any atom is -0.309 e. The predicted molar refractivity (Wildman–Crippen MR) is 85.7 cm³/mol. The first-order valence-electron chi connectivity index (χ1n) is 8.11. The van der Waals surface area contributed by atoms with Gasteiger partial charge in [0.1, 0.15) is 0 Å². The fraction of sp³-hybridized carbons (Fsp3) is 1.00. The lowest BCUT2D eigenvalue weighted by Crippen LogP contribution is -2.55. The molecule has 0 radical (unpaired) electrons. The van der Waals surface area contributed by atoms with Gasteiger partial charge in [0.2, 0.25) is 0 Å². The summed E-state index contributed by atoms with van der Waals surface area (Å²) in [7, 11) is 0. The van der Waals surface area contributed by atoms with Crippen molar-refractivity contribution in [3.8, 4) is 0 Å². The van der Waals surface area contributed by atoms with Gasteiger partial charge in [0.05, 0.1) is 0 Å². The molecule has 1 N–H and O–H groups in total. The Morgan fingerprint density at radius 3 is 2.26 bits per heavy atom. The lowest BCUT2D eigenvalue weighted by Gasteiger charge is -2.46. The summed E-state index contributed by atoms with van der Waals surface area (Å²) >= 11 is 2.15. The van der Waals surface area contributed by atoms with Gasteiger partial charge in [-0.1, -0.05) is 34.6 Å². The molecule has 110 valence electrons. The predicted octanol–water partition coefficient (Wildman–Crippen LogP) is 4.32. The zero-order chi connectivity index (χ0) is 13.9. The van der Waals surface area contributed by atoms with Crippen LogP contribution < -0.4 is 5.32 Å². The highest BCUT2D eigenvalue weighted by Crippen LogP contribution is 2.65. The van der Waals surface area contributed by atoms with E-state index in [9.17, 15) is 0 Å². The Labute approximate surface area is 123 Å². The van der Waals surface area contributed by atoms with E-state index < -0.39 is 0 Å². The molecule has 3 aliphatic rings. The van der Waals surface area contributed by atoms with E-state index in [1.807, 2.05) is 0 Å². The Balaban J connectivity index is 1.75. The maximum Gasteiger partial charge on any atom is 0.0212 e. The van der Waals surface area contributed by atoms with E-state index in [1.54, 1.807) is 0 Å². The van der Waals surface area contributed by atoms with E-state index >= 15 is 0 Å². The minimum atomic E-state index is 0.480. The number of fused-ring (bicyclic) bond motifs is 2. The fourth-order valence-electron chi connectivity index (χ4n) is 4.91. The standard InChI is InChI=1S/C17H31NS/c1-15(2)8-9-19-11-14(15)18-13-10-12-6-7-17(13,5)16(12,3)4/h12-14,18H,6-11H2,1-5H3. The van der Waals surface area contributed by atoms with Crippen LogP contribution in [-0.2, 0) is 0 Å². The molecule has 4 unspecified atom stereocenters. The Kier molecular flexibility index (Phi) is 3.30. The largest absolute Gasteiger partial charge is 0.309 e. The van der Waals surface area contributed by atoms with Gasteiger partial charge in [-0.15, -0.1) is 0 Å². The van der Waals surface area contributed by atoms with Crippen LogP contribution in [0.25, 0.3) is 0 Å². The molecule has 0 aromatic heterocycles. The number of rotatable bonds is 2. The molecule has 3 rings (SSSR count). The van der Waals surface area contributed by atoms with Crippen molar-refractivity contribution in [1.29, 1.82) is 0 Å². The van der Waals surface area contributed by atoms with Gasteiger partial charge < -0.3 is 5.32 Å². The van der Waals surface area contributed by atoms with Gasteiger partial charge in [0.25, 0.3) is 0 Å². The van der Waals surface area contributed by atoms with Crippen LogP contribution in [0.1, 0.15) is 60.3 Å². The smallest absolute Gasteiger partial charge is 0.0212 e. The summed E-state index contributed by atoms with van der Waals surface area (Å²) in [6, 6.07) is 1.47. The van der Waals surface area contributed by atoms with Crippen molar-refractivity contribution in [2.24, 2.45) is 22.2 Å². The second-order valence-corrected chi connectivity index (χ2v) is 9.85. The molecule has 0 aromatic rings. The summed E-state index contributed by atoms with van der Waals surface area (Å²) in [4.78, 5) is 0. The number of nitrogens with one attached hydrogen (secondary N) is 1. The Bertz CT molecular complexity index is 362. The van der Waals surface area contributed by atoms with Crippen LogP contribution in [0.3, 0.4) is 0 Å². The van der Waals surface area contributed by atoms with Gasteiger partial charge in [-0.2, -0.15) is 11.8 Å². The van der Waals surface area contributed by atoms with Gasteiger partial charge in [0.15, 0.2) is 0 Å². The molecule has 0 aromatic carbocycles. The summed E-state index contributed by atoms with van der Waals surface area (Å²) in [6.45, 7) is 12.5. The fourth-order valence-corrected chi connectivity index (χ4v) is 6.53. The van der Waals surface area contributed by atoms with E-state index in [0.717, 1.165) is 12.0 Å². The van der Waals surface area contributed by atoms with Crippen LogP contribution >= 0.6 is 11.8 Å². The normalized spacial score (nSPS) is 47.5. The first kappa shape index (κ1) is 14.3. The molecular weight excluding hydrogens is 250 g/mol. The zero-order valence-electron chi connectivity index (χ0n) is 13.4. The third-order valence-corrected chi connectivity index (χ3v) is 8.38. The van der Waals surface area contributed by atoms with Gasteiger partial charge in [0, 0.05) is 17.8 Å². The van der Waals surface area contributed by atoms with Gasteiger partial charge >= 0.3 is 0 Å². The van der Waals surface area contributed by atoms with Crippen molar-refractivity contribution < 1.29 is 0 Å². The van der Waals surface area contributed by atoms with Crippen molar-refractivity contribution in [2.75, 3.05) is 11.5 Å². The van der Waals surface area contributed by atoms with Crippen molar-refractivity contribution >= 4 is 11.8 Å². The van der Waals surface area contributed by atoms with E-state index in [1.165, 1.54) is 37.2 Å². The van der Waals surface area contributed by atoms with E-state index in [0.29, 0.717) is 22.3 Å². The van der Waals surface area contributed by atoms with E-state index in [2.05, 4.69) is 51.7 Å². The van der Waals surface area contributed by atoms with Crippen molar-refractivity contribution in [3.63, 3.8) is 0 Å². The average molecular weight is 282 g/mol. The second kappa shape index (κ2) is 4.40. The van der Waals surface area contributed by atoms with Crippen LogP contribution in [0.15, 0.2) is 0 Å². The highest BCUT2D eigenvalue weighted by molar-refractivity contribution is 7.99. The molecule has 2 aliphatic carbocycles. The summed E-state index contributed by atoms with van der Waals surface area (Å²) in [6.07, 6.45) is 5.68. The SMILES string of the molecule is CC1(C)CCSCC1NC1CC2CCC1(C)C2(C)C. The topological polar surface area (TPSA) is 12.0 Å². The maximum absolute atomic E-state index is 4.11. The number of hydrogen-bond acceptors (Lipinski definition) is 2. The Hall–Kier alpha value is 0.310. The molecule has 2 heteroatoms. The Morgan fingerprint density at radius 2 is 1.74 bits per heavy atom. The molecule has 1 aliphatic heterocycles. The molecule has 19 heavy (non-hydrogen) atoms. The summed E-state index contributed by atoms with van der Waals surface area (Å²) in [5.41, 5.74) is 1.54. The third kappa shape index (κ3) is 2.00. The van der Waals surface area contributed by atoms with Crippen LogP contribution in [-0.4, -0.2) is 23.6 Å². The minimum absolute atomic E-state index is 0.480. The summed E-state index contributed by atoms with van der Waals surface area (Å²) < 4.78 is 0. The monoisotopic (exact) mass is 281 g/mol. The average Bonchev–Trinajstić information content (AvgIpc) is 2.64. The van der Waals surface area contributed by atoms with Crippen molar-refractivity contribution in [1.82, 2.24) is 5.32 Å². The summed E-state index contributed by atoms with van der Waals surface area (Å²) in [5, 5.41) is 4.11. The molecule has 0 spiro atoms. The molecule has 3 fully saturated rings. The maximum atomic E-state index is 4.11. The second-order valence-electron chi connectivity index (χ2n) is 8.70. The highest BCUT2D eigenvalue weighted by atomic mass is 32.2. The molecular formula is C17H31NS. The van der Waals surface area contributed by atoms with Crippen molar-refractivity contribution in [2.45, 2.75) is 72.4 Å². The van der Waals surface area contributed by atoms with Crippen molar-refractivity contribution in [3.05, 3.63) is 0 Å². The van der Waals surface area contributed by atoms with Gasteiger partial charge in [-0.05, 0) is 53.6 Å². The number of hydrogen-bond donors (Lipinski definition) is 1. The molecule has 2 bridgehead atoms. The molecule has 1 heterocycles. The molecule has 1 nitrogen and oxygen atoms in total. The molecule has 1 saturated heterocycles. The van der Waals surface area contributed by atoms with Crippen LogP contribution in [0.4, 0.5) is 0 Å². The first-order chi connectivity index (χ1) is 8.77. The lowest BCUT2D eigenvalue weighted by molar-refractivity contribution is 0.101. The van der Waals surface area contributed by atoms with E-state index in [-0.39, 0.29) is 0 Å². The summed E-state index contributed by atoms with van der Waals surface area (Å²) in [5.74, 6) is 3.61. The zero-order valence-corrected chi connectivity index (χ0v) is 14.2. The van der Waals surface area contributed by atoms with Crippen LogP contribution in [0, 0.1) is 22.2 Å². The van der Waals surface area contributed by atoms with Crippen LogP contribution in [0.5, 0.6) is 0 Å². The quantitative estimate of drug-likeness (QED) is 0.809. The number of thioether (sulfide) groups is 1. The van der Waals surface area contributed by atoms with Crippen LogP contribution in [0.2, 0.25) is 0 Å². The molecule has 4 atom stereocenters. The first-order valence-corrected chi connectivity index (χ1v) is 9.27. The highest BCUT2D eigenvalue weighted by Gasteiger charge is 2.61. The molecule has 0 amide bonds. The van der Waals surface area contributed by atoms with Gasteiger partial charge in [-0.3, -0.25) is 0 Å².